The number of ether oxygens (including phenoxy) is 3. The van der Waals surface area contributed by atoms with Crippen molar-refractivity contribution in [2.24, 2.45) is 0 Å². The second-order valence-corrected chi connectivity index (χ2v) is 7.14. The first-order valence-corrected chi connectivity index (χ1v) is 10.1. The number of hydrogen-bond acceptors (Lipinski definition) is 7. The van der Waals surface area contributed by atoms with E-state index in [1.54, 1.807) is 44.6 Å². The number of benzene rings is 2. The summed E-state index contributed by atoms with van der Waals surface area (Å²) >= 11 is 1.27. The summed E-state index contributed by atoms with van der Waals surface area (Å²) in [4.78, 5) is 12.5. The quantitative estimate of drug-likeness (QED) is 0.514. The van der Waals surface area contributed by atoms with Crippen LogP contribution in [-0.2, 0) is 0 Å². The molecule has 2 aromatic carbocycles. The summed E-state index contributed by atoms with van der Waals surface area (Å²) in [6.07, 6.45) is 2.08. The van der Waals surface area contributed by atoms with E-state index in [4.69, 9.17) is 14.2 Å². The number of amides is 1. The van der Waals surface area contributed by atoms with Crippen molar-refractivity contribution in [3.05, 3.63) is 48.0 Å². The highest BCUT2D eigenvalue weighted by molar-refractivity contribution is 7.18. The third kappa shape index (κ3) is 5.23. The fourth-order valence-corrected chi connectivity index (χ4v) is 3.33. The summed E-state index contributed by atoms with van der Waals surface area (Å²) in [6.45, 7) is 2.78. The zero-order chi connectivity index (χ0) is 20.6. The molecule has 0 saturated carbocycles. The van der Waals surface area contributed by atoms with Crippen molar-refractivity contribution in [3.63, 3.8) is 0 Å². The largest absolute Gasteiger partial charge is 0.497 e. The highest BCUT2D eigenvalue weighted by Gasteiger charge is 2.15. The van der Waals surface area contributed by atoms with Crippen LogP contribution >= 0.6 is 11.3 Å². The first-order valence-electron chi connectivity index (χ1n) is 9.24. The topological polar surface area (TPSA) is 82.6 Å². The Morgan fingerprint density at radius 3 is 2.48 bits per heavy atom. The molecule has 29 heavy (non-hydrogen) atoms. The number of hydrogen-bond donors (Lipinski definition) is 1. The molecule has 0 spiro atoms. The molecule has 7 nitrogen and oxygen atoms in total. The minimum absolute atomic E-state index is 0.255. The summed E-state index contributed by atoms with van der Waals surface area (Å²) in [5.41, 5.74) is 1.30. The van der Waals surface area contributed by atoms with Gasteiger partial charge >= 0.3 is 0 Å². The average Bonchev–Trinajstić information content (AvgIpc) is 3.22. The molecule has 0 fully saturated rings. The van der Waals surface area contributed by atoms with Crippen LogP contribution in [0.1, 0.15) is 30.1 Å². The van der Waals surface area contributed by atoms with Gasteiger partial charge in [0.1, 0.15) is 17.2 Å². The number of nitrogens with one attached hydrogen (secondary N) is 1. The first-order chi connectivity index (χ1) is 14.1. The zero-order valence-corrected chi connectivity index (χ0v) is 17.4. The molecule has 1 amide bonds. The number of carbonyl (C=O) groups is 1. The predicted octanol–water partition coefficient (Wildman–Crippen LogP) is 4.65. The molecule has 1 aromatic heterocycles. The second-order valence-electron chi connectivity index (χ2n) is 6.16. The number of unbranched alkanes of at least 4 members (excludes halogenated alkanes) is 1. The molecule has 3 aromatic rings. The van der Waals surface area contributed by atoms with Crippen LogP contribution in [0, 0.1) is 0 Å². The maximum absolute atomic E-state index is 12.5. The fraction of sp³-hybridized carbons (Fsp3) is 0.286. The van der Waals surface area contributed by atoms with E-state index in [-0.39, 0.29) is 5.91 Å². The Balaban J connectivity index is 1.68. The van der Waals surface area contributed by atoms with Gasteiger partial charge in [-0.1, -0.05) is 24.7 Å². The van der Waals surface area contributed by atoms with Gasteiger partial charge in [0, 0.05) is 11.6 Å². The minimum atomic E-state index is -0.255. The van der Waals surface area contributed by atoms with Gasteiger partial charge in [-0.15, -0.1) is 10.2 Å². The molecule has 152 valence electrons. The minimum Gasteiger partial charge on any atom is -0.497 e. The van der Waals surface area contributed by atoms with E-state index in [1.165, 1.54) is 11.3 Å². The lowest BCUT2D eigenvalue weighted by Gasteiger charge is -2.07. The molecular formula is C21H23N3O4S. The lowest BCUT2D eigenvalue weighted by atomic mass is 10.2. The van der Waals surface area contributed by atoms with Gasteiger partial charge in [-0.2, -0.15) is 0 Å². The smallest absolute Gasteiger partial charge is 0.257 e. The molecule has 8 heteroatoms. The number of rotatable bonds is 9. The van der Waals surface area contributed by atoms with Crippen LogP contribution in [0.2, 0.25) is 0 Å². The molecule has 0 atom stereocenters. The van der Waals surface area contributed by atoms with Gasteiger partial charge in [0.2, 0.25) is 5.13 Å². The van der Waals surface area contributed by atoms with E-state index in [0.717, 1.165) is 24.2 Å². The van der Waals surface area contributed by atoms with Crippen molar-refractivity contribution >= 4 is 22.4 Å². The SMILES string of the molecule is CCCCOc1ccc(C(=O)Nc2nnc(-c3ccc(OC)cc3OC)s2)cc1. The molecule has 0 saturated heterocycles. The highest BCUT2D eigenvalue weighted by Crippen LogP contribution is 2.36. The standard InChI is InChI=1S/C21H23N3O4S/c1-4-5-12-28-15-8-6-14(7-9-15)19(25)22-21-24-23-20(29-21)17-11-10-16(26-2)13-18(17)27-3/h6-11,13H,4-5,12H2,1-3H3,(H,22,24,25). The molecule has 0 unspecified atom stereocenters. The summed E-state index contributed by atoms with van der Waals surface area (Å²) in [7, 11) is 3.18. The Labute approximate surface area is 173 Å². The van der Waals surface area contributed by atoms with Gasteiger partial charge in [0.15, 0.2) is 5.01 Å². The first kappa shape index (κ1) is 20.6. The van der Waals surface area contributed by atoms with Crippen molar-refractivity contribution in [1.29, 1.82) is 0 Å². The predicted molar refractivity (Wildman–Crippen MR) is 113 cm³/mol. The second kappa shape index (κ2) is 9.88. The van der Waals surface area contributed by atoms with Crippen LogP contribution in [0.3, 0.4) is 0 Å². The lowest BCUT2D eigenvalue weighted by molar-refractivity contribution is 0.102. The van der Waals surface area contributed by atoms with Crippen LogP contribution in [0.4, 0.5) is 5.13 Å². The summed E-state index contributed by atoms with van der Waals surface area (Å²) in [6, 6.07) is 12.5. The zero-order valence-electron chi connectivity index (χ0n) is 16.6. The van der Waals surface area contributed by atoms with Crippen LogP contribution in [0.5, 0.6) is 17.2 Å². The number of aromatic nitrogens is 2. The Bertz CT molecular complexity index is 957. The van der Waals surface area contributed by atoms with Crippen LogP contribution < -0.4 is 19.5 Å². The number of nitrogens with zero attached hydrogens (tertiary/aromatic N) is 2. The molecule has 3 rings (SSSR count). The van der Waals surface area contributed by atoms with Gasteiger partial charge in [-0.25, -0.2) is 0 Å². The number of anilines is 1. The van der Waals surface area contributed by atoms with Crippen molar-refractivity contribution in [1.82, 2.24) is 10.2 Å². The van der Waals surface area contributed by atoms with Gasteiger partial charge in [-0.3, -0.25) is 10.1 Å². The number of methoxy groups -OCH3 is 2. The maximum Gasteiger partial charge on any atom is 0.257 e. The Morgan fingerprint density at radius 1 is 1.03 bits per heavy atom. The molecule has 0 bridgehead atoms. The third-order valence-electron chi connectivity index (χ3n) is 4.17. The van der Waals surface area contributed by atoms with Crippen LogP contribution in [0.15, 0.2) is 42.5 Å². The van der Waals surface area contributed by atoms with Crippen LogP contribution in [-0.4, -0.2) is 36.9 Å². The number of carbonyl (C=O) groups excluding carboxylic acids is 1. The molecular weight excluding hydrogens is 390 g/mol. The molecule has 1 N–H and O–H groups in total. The monoisotopic (exact) mass is 413 g/mol. The van der Waals surface area contributed by atoms with Crippen molar-refractivity contribution in [2.75, 3.05) is 26.1 Å². The Kier molecular flexibility index (Phi) is 7.02. The summed E-state index contributed by atoms with van der Waals surface area (Å²) in [5.74, 6) is 1.80. The fourth-order valence-electron chi connectivity index (χ4n) is 2.56. The van der Waals surface area contributed by atoms with Gasteiger partial charge in [0.25, 0.3) is 5.91 Å². The maximum atomic E-state index is 12.5. The molecule has 0 aliphatic carbocycles. The van der Waals surface area contributed by atoms with Crippen molar-refractivity contribution in [2.45, 2.75) is 19.8 Å². The van der Waals surface area contributed by atoms with E-state index in [2.05, 4.69) is 22.4 Å². The van der Waals surface area contributed by atoms with Gasteiger partial charge in [-0.05, 0) is 42.8 Å². The lowest BCUT2D eigenvalue weighted by Crippen LogP contribution is -2.11. The van der Waals surface area contributed by atoms with E-state index >= 15 is 0 Å². The average molecular weight is 413 g/mol. The molecule has 0 aliphatic rings. The van der Waals surface area contributed by atoms with Crippen molar-refractivity contribution < 1.29 is 19.0 Å². The third-order valence-corrected chi connectivity index (χ3v) is 5.04. The van der Waals surface area contributed by atoms with Gasteiger partial charge in [0.05, 0.1) is 26.4 Å². The Hall–Kier alpha value is -3.13. The molecule has 0 aliphatic heterocycles. The van der Waals surface area contributed by atoms with E-state index in [0.29, 0.717) is 33.8 Å². The molecule has 0 radical (unpaired) electrons. The van der Waals surface area contributed by atoms with E-state index in [1.807, 2.05) is 12.1 Å². The Morgan fingerprint density at radius 2 is 1.79 bits per heavy atom. The van der Waals surface area contributed by atoms with Gasteiger partial charge < -0.3 is 14.2 Å². The highest BCUT2D eigenvalue weighted by atomic mass is 32.1. The molecule has 1 heterocycles. The van der Waals surface area contributed by atoms with Crippen molar-refractivity contribution in [3.8, 4) is 27.8 Å². The van der Waals surface area contributed by atoms with E-state index in [9.17, 15) is 4.79 Å². The van der Waals surface area contributed by atoms with Crippen LogP contribution in [0.25, 0.3) is 10.6 Å². The normalized spacial score (nSPS) is 10.4. The van der Waals surface area contributed by atoms with E-state index < -0.39 is 0 Å². The summed E-state index contributed by atoms with van der Waals surface area (Å²) < 4.78 is 16.2. The summed E-state index contributed by atoms with van der Waals surface area (Å²) in [5, 5.41) is 12.1.